The molecular weight excluding hydrogens is 268 g/mol. The molecule has 0 aromatic carbocycles. The highest BCUT2D eigenvalue weighted by atomic mass is 16.2. The highest BCUT2D eigenvalue weighted by molar-refractivity contribution is 5.99. The fourth-order valence-electron chi connectivity index (χ4n) is 2.21. The molecule has 114 valence electrons. The van der Waals surface area contributed by atoms with Crippen LogP contribution in [0.15, 0.2) is 18.5 Å². The van der Waals surface area contributed by atoms with Gasteiger partial charge in [0.25, 0.3) is 11.8 Å². The molecule has 0 atom stereocenters. The van der Waals surface area contributed by atoms with Gasteiger partial charge < -0.3 is 15.1 Å². The second kappa shape index (κ2) is 7.17. The van der Waals surface area contributed by atoms with Crippen LogP contribution in [0.2, 0.25) is 0 Å². The largest absolute Gasteiger partial charge is 0.352 e. The van der Waals surface area contributed by atoms with Crippen LogP contribution in [0.5, 0.6) is 0 Å². The lowest BCUT2D eigenvalue weighted by molar-refractivity contribution is 0.0663. The van der Waals surface area contributed by atoms with Crippen molar-refractivity contribution in [1.82, 2.24) is 20.1 Å². The SMILES string of the molecule is CCCNC(=O)c1cncc(C(=O)N2CCN(C)CC2)c1. The molecule has 1 aromatic rings. The quantitative estimate of drug-likeness (QED) is 0.882. The monoisotopic (exact) mass is 290 g/mol. The molecule has 6 nitrogen and oxygen atoms in total. The maximum absolute atomic E-state index is 12.4. The Balaban J connectivity index is 2.06. The fourth-order valence-corrected chi connectivity index (χ4v) is 2.21. The van der Waals surface area contributed by atoms with E-state index in [1.54, 1.807) is 6.07 Å². The molecule has 0 saturated carbocycles. The fraction of sp³-hybridized carbons (Fsp3) is 0.533. The van der Waals surface area contributed by atoms with E-state index in [2.05, 4.69) is 15.2 Å². The number of likely N-dealkylation sites (N-methyl/N-ethyl adjacent to an activating group) is 1. The molecule has 6 heteroatoms. The van der Waals surface area contributed by atoms with Crippen LogP contribution in [-0.4, -0.2) is 66.4 Å². The summed E-state index contributed by atoms with van der Waals surface area (Å²) in [5.74, 6) is -0.238. The van der Waals surface area contributed by atoms with Gasteiger partial charge >= 0.3 is 0 Å². The van der Waals surface area contributed by atoms with Gasteiger partial charge in [0.2, 0.25) is 0 Å². The van der Waals surface area contributed by atoms with Gasteiger partial charge in [-0.15, -0.1) is 0 Å². The van der Waals surface area contributed by atoms with Gasteiger partial charge in [-0.05, 0) is 19.5 Å². The Hall–Kier alpha value is -1.95. The molecule has 1 aliphatic rings. The average Bonchev–Trinajstić information content (AvgIpc) is 2.52. The number of nitrogens with one attached hydrogen (secondary N) is 1. The minimum Gasteiger partial charge on any atom is -0.352 e. The third kappa shape index (κ3) is 4.01. The second-order valence-electron chi connectivity index (χ2n) is 5.31. The lowest BCUT2D eigenvalue weighted by Gasteiger charge is -2.32. The first-order valence-corrected chi connectivity index (χ1v) is 7.33. The van der Waals surface area contributed by atoms with E-state index in [0.29, 0.717) is 30.8 Å². The van der Waals surface area contributed by atoms with E-state index in [4.69, 9.17) is 0 Å². The molecule has 21 heavy (non-hydrogen) atoms. The molecule has 0 radical (unpaired) electrons. The van der Waals surface area contributed by atoms with Gasteiger partial charge in [-0.1, -0.05) is 6.92 Å². The maximum Gasteiger partial charge on any atom is 0.255 e. The highest BCUT2D eigenvalue weighted by Crippen LogP contribution is 2.09. The van der Waals surface area contributed by atoms with Crippen LogP contribution in [0.4, 0.5) is 0 Å². The van der Waals surface area contributed by atoms with Crippen molar-refractivity contribution < 1.29 is 9.59 Å². The van der Waals surface area contributed by atoms with Crippen LogP contribution in [0, 0.1) is 0 Å². The number of hydrogen-bond donors (Lipinski definition) is 1. The van der Waals surface area contributed by atoms with Crippen LogP contribution in [-0.2, 0) is 0 Å². The van der Waals surface area contributed by atoms with E-state index in [1.165, 1.54) is 12.4 Å². The Kier molecular flexibility index (Phi) is 5.27. The number of carbonyl (C=O) groups excluding carboxylic acids is 2. The number of hydrogen-bond acceptors (Lipinski definition) is 4. The van der Waals surface area contributed by atoms with Gasteiger partial charge in [0.05, 0.1) is 11.1 Å². The van der Waals surface area contributed by atoms with Gasteiger partial charge in [-0.3, -0.25) is 14.6 Å². The summed E-state index contributed by atoms with van der Waals surface area (Å²) in [6, 6.07) is 1.62. The molecule has 1 fully saturated rings. The highest BCUT2D eigenvalue weighted by Gasteiger charge is 2.21. The molecule has 2 amide bonds. The maximum atomic E-state index is 12.4. The van der Waals surface area contributed by atoms with E-state index in [9.17, 15) is 9.59 Å². The number of piperazine rings is 1. The van der Waals surface area contributed by atoms with Crippen LogP contribution in [0.25, 0.3) is 0 Å². The molecule has 2 rings (SSSR count). The molecule has 0 spiro atoms. The molecule has 1 saturated heterocycles. The number of carbonyl (C=O) groups is 2. The lowest BCUT2D eigenvalue weighted by atomic mass is 10.1. The zero-order valence-electron chi connectivity index (χ0n) is 12.6. The van der Waals surface area contributed by atoms with Crippen LogP contribution >= 0.6 is 0 Å². The van der Waals surface area contributed by atoms with Crippen molar-refractivity contribution in [3.05, 3.63) is 29.6 Å². The zero-order valence-corrected chi connectivity index (χ0v) is 12.6. The van der Waals surface area contributed by atoms with E-state index in [0.717, 1.165) is 19.5 Å². The third-order valence-electron chi connectivity index (χ3n) is 3.57. The second-order valence-corrected chi connectivity index (χ2v) is 5.31. The van der Waals surface area contributed by atoms with Crippen LogP contribution in [0.1, 0.15) is 34.1 Å². The van der Waals surface area contributed by atoms with Crippen LogP contribution < -0.4 is 5.32 Å². The first kappa shape index (κ1) is 15.4. The third-order valence-corrected chi connectivity index (χ3v) is 3.57. The Morgan fingerprint density at radius 1 is 1.19 bits per heavy atom. The molecule has 0 aliphatic carbocycles. The van der Waals surface area contributed by atoms with Crippen molar-refractivity contribution in [2.45, 2.75) is 13.3 Å². The molecule has 0 unspecified atom stereocenters. The van der Waals surface area contributed by atoms with Gasteiger partial charge in [-0.2, -0.15) is 0 Å². The van der Waals surface area contributed by atoms with Crippen molar-refractivity contribution in [3.8, 4) is 0 Å². The predicted molar refractivity (Wildman–Crippen MR) is 80.3 cm³/mol. The van der Waals surface area contributed by atoms with Crippen molar-refractivity contribution in [1.29, 1.82) is 0 Å². The standard InChI is InChI=1S/C15H22N4O2/c1-3-4-17-14(20)12-9-13(11-16-10-12)15(21)19-7-5-18(2)6-8-19/h9-11H,3-8H2,1-2H3,(H,17,20). The molecule has 0 bridgehead atoms. The van der Waals surface area contributed by atoms with Gasteiger partial charge in [-0.25, -0.2) is 0 Å². The van der Waals surface area contributed by atoms with Crippen molar-refractivity contribution >= 4 is 11.8 Å². The lowest BCUT2D eigenvalue weighted by Crippen LogP contribution is -2.47. The first-order valence-electron chi connectivity index (χ1n) is 7.33. The number of rotatable bonds is 4. The zero-order chi connectivity index (χ0) is 15.2. The van der Waals surface area contributed by atoms with Gasteiger partial charge in [0, 0.05) is 45.1 Å². The van der Waals surface area contributed by atoms with Gasteiger partial charge in [0.1, 0.15) is 0 Å². The van der Waals surface area contributed by atoms with Crippen molar-refractivity contribution in [2.24, 2.45) is 0 Å². The van der Waals surface area contributed by atoms with Crippen molar-refractivity contribution in [3.63, 3.8) is 0 Å². The Morgan fingerprint density at radius 3 is 2.52 bits per heavy atom. The predicted octanol–water partition coefficient (Wildman–Crippen LogP) is 0.609. The Labute approximate surface area is 125 Å². The van der Waals surface area contributed by atoms with Gasteiger partial charge in [0.15, 0.2) is 0 Å². The number of amides is 2. The van der Waals surface area contributed by atoms with E-state index in [1.807, 2.05) is 18.9 Å². The Morgan fingerprint density at radius 2 is 1.86 bits per heavy atom. The number of nitrogens with zero attached hydrogens (tertiary/aromatic N) is 3. The minimum absolute atomic E-state index is 0.0549. The summed E-state index contributed by atoms with van der Waals surface area (Å²) in [5.41, 5.74) is 0.909. The molecular formula is C15H22N4O2. The first-order chi connectivity index (χ1) is 10.1. The van der Waals surface area contributed by atoms with Crippen molar-refractivity contribution in [2.75, 3.05) is 39.8 Å². The molecule has 2 heterocycles. The summed E-state index contributed by atoms with van der Waals surface area (Å²) < 4.78 is 0. The summed E-state index contributed by atoms with van der Waals surface area (Å²) >= 11 is 0. The average molecular weight is 290 g/mol. The topological polar surface area (TPSA) is 65.5 Å². The Bertz CT molecular complexity index is 510. The van der Waals surface area contributed by atoms with E-state index < -0.39 is 0 Å². The molecule has 1 N–H and O–H groups in total. The minimum atomic E-state index is -0.183. The summed E-state index contributed by atoms with van der Waals surface area (Å²) in [6.45, 7) is 5.77. The summed E-state index contributed by atoms with van der Waals surface area (Å²) in [4.78, 5) is 32.4. The summed E-state index contributed by atoms with van der Waals surface area (Å²) in [5, 5.41) is 2.79. The number of pyridine rings is 1. The number of aromatic nitrogens is 1. The normalized spacial score (nSPS) is 15.8. The van der Waals surface area contributed by atoms with E-state index in [-0.39, 0.29) is 11.8 Å². The smallest absolute Gasteiger partial charge is 0.255 e. The van der Waals surface area contributed by atoms with Crippen LogP contribution in [0.3, 0.4) is 0 Å². The molecule has 1 aliphatic heterocycles. The summed E-state index contributed by atoms with van der Waals surface area (Å²) in [6.07, 6.45) is 3.89. The molecule has 1 aromatic heterocycles. The van der Waals surface area contributed by atoms with E-state index >= 15 is 0 Å². The summed E-state index contributed by atoms with van der Waals surface area (Å²) in [7, 11) is 2.04.